The van der Waals surface area contributed by atoms with Gasteiger partial charge in [-0.15, -0.1) is 5.10 Å². The second kappa shape index (κ2) is 4.87. The zero-order chi connectivity index (χ0) is 15.0. The Hall–Kier alpha value is -2.94. The molecule has 0 spiro atoms. The highest BCUT2D eigenvalue weighted by atomic mass is 16.4. The number of nitrogen functional groups attached to an aromatic ring is 1. The Morgan fingerprint density at radius 1 is 1.52 bits per heavy atom. The van der Waals surface area contributed by atoms with Gasteiger partial charge in [0.2, 0.25) is 0 Å². The van der Waals surface area contributed by atoms with E-state index in [1.165, 1.54) is 27.7 Å². The minimum absolute atomic E-state index is 0.110. The molecular formula is C12H12N6O3. The van der Waals surface area contributed by atoms with Gasteiger partial charge >= 0.3 is 11.6 Å². The van der Waals surface area contributed by atoms with Crippen LogP contribution < -0.4 is 17.0 Å². The van der Waals surface area contributed by atoms with Crippen molar-refractivity contribution in [3.05, 3.63) is 52.2 Å². The van der Waals surface area contributed by atoms with Gasteiger partial charge in [-0.1, -0.05) is 0 Å². The number of nitrogens with two attached hydrogens (primary N) is 1. The fourth-order valence-corrected chi connectivity index (χ4v) is 2.05. The molecule has 9 heteroatoms. The summed E-state index contributed by atoms with van der Waals surface area (Å²) in [5.41, 5.74) is 2.76. The highest BCUT2D eigenvalue weighted by Gasteiger charge is 2.16. The molecule has 0 aliphatic heterocycles. The van der Waals surface area contributed by atoms with Crippen LogP contribution in [-0.4, -0.2) is 25.1 Å². The van der Waals surface area contributed by atoms with Gasteiger partial charge in [-0.05, 0) is 13.0 Å². The van der Waals surface area contributed by atoms with Crippen molar-refractivity contribution in [3.8, 4) is 0 Å². The highest BCUT2D eigenvalue weighted by molar-refractivity contribution is 5.92. The zero-order valence-electron chi connectivity index (χ0n) is 11.1. The topological polar surface area (TPSA) is 120 Å². The molecule has 0 aliphatic carbocycles. The molecule has 1 amide bonds. The van der Waals surface area contributed by atoms with E-state index in [4.69, 9.17) is 10.3 Å². The molecule has 3 N–H and O–H groups in total. The number of furan rings is 1. The summed E-state index contributed by atoms with van der Waals surface area (Å²) in [7, 11) is 0. The molecular weight excluding hydrogens is 276 g/mol. The summed E-state index contributed by atoms with van der Waals surface area (Å²) in [4.78, 5) is 27.5. The summed E-state index contributed by atoms with van der Waals surface area (Å²) in [5.74, 6) is 5.10. The molecule has 0 atom stereocenters. The normalized spacial score (nSPS) is 11.0. The van der Waals surface area contributed by atoms with Crippen molar-refractivity contribution in [1.29, 1.82) is 0 Å². The van der Waals surface area contributed by atoms with Gasteiger partial charge in [0, 0.05) is 18.0 Å². The third kappa shape index (κ3) is 2.19. The Bertz CT molecular complexity index is 875. The van der Waals surface area contributed by atoms with Crippen molar-refractivity contribution in [2.24, 2.45) is 5.84 Å². The molecule has 0 radical (unpaired) electrons. The number of fused-ring (bicyclic) bond motifs is 1. The molecule has 0 fully saturated rings. The lowest BCUT2D eigenvalue weighted by Gasteiger charge is -1.96. The summed E-state index contributed by atoms with van der Waals surface area (Å²) in [6.07, 6.45) is 4.52. The van der Waals surface area contributed by atoms with Gasteiger partial charge in [-0.2, -0.15) is 0 Å². The smallest absolute Gasteiger partial charge is 0.350 e. The Kier molecular flexibility index (Phi) is 3.03. The number of aromatic nitrogens is 4. The fourth-order valence-electron chi connectivity index (χ4n) is 2.05. The summed E-state index contributed by atoms with van der Waals surface area (Å²) in [5, 5.41) is 4.13. The van der Waals surface area contributed by atoms with E-state index in [0.29, 0.717) is 17.0 Å². The predicted molar refractivity (Wildman–Crippen MR) is 71.4 cm³/mol. The average molecular weight is 288 g/mol. The first-order chi connectivity index (χ1) is 10.1. The minimum atomic E-state index is -0.523. The van der Waals surface area contributed by atoms with Crippen LogP contribution >= 0.6 is 0 Å². The van der Waals surface area contributed by atoms with Crippen molar-refractivity contribution in [1.82, 2.24) is 24.6 Å². The lowest BCUT2D eigenvalue weighted by molar-refractivity contribution is 0.0923. The Balaban J connectivity index is 1.97. The van der Waals surface area contributed by atoms with E-state index >= 15 is 0 Å². The fraction of sp³-hybridized carbons (Fsp3) is 0.167. The standard InChI is InChI=1S/C12H12N6O3/c1-7-4-8(21-10(7)11(19)15-13)6-18-12(20)17-3-2-14-5-9(17)16-18/h2-5H,6,13H2,1H3,(H,15,19). The van der Waals surface area contributed by atoms with Crippen LogP contribution in [0.15, 0.2) is 33.9 Å². The number of amides is 1. The molecule has 0 unspecified atom stereocenters. The average Bonchev–Trinajstić information content (AvgIpc) is 3.00. The van der Waals surface area contributed by atoms with Crippen LogP contribution in [0, 0.1) is 6.92 Å². The molecule has 3 heterocycles. The van der Waals surface area contributed by atoms with Crippen molar-refractivity contribution in [2.75, 3.05) is 0 Å². The van der Waals surface area contributed by atoms with Gasteiger partial charge in [0.1, 0.15) is 12.3 Å². The lowest BCUT2D eigenvalue weighted by Crippen LogP contribution is -2.30. The quantitative estimate of drug-likeness (QED) is 0.379. The van der Waals surface area contributed by atoms with Crippen LogP contribution in [0.2, 0.25) is 0 Å². The third-order valence-corrected chi connectivity index (χ3v) is 3.00. The number of aryl methyl sites for hydroxylation is 1. The summed E-state index contributed by atoms with van der Waals surface area (Å²) < 4.78 is 8.01. The van der Waals surface area contributed by atoms with E-state index < -0.39 is 5.91 Å². The number of nitrogens with zero attached hydrogens (tertiary/aromatic N) is 4. The number of carbonyl (C=O) groups excluding carboxylic acids is 1. The maximum Gasteiger partial charge on any atom is 0.350 e. The number of hydrogen-bond donors (Lipinski definition) is 2. The molecule has 0 saturated heterocycles. The first kappa shape index (κ1) is 13.1. The van der Waals surface area contributed by atoms with E-state index in [1.807, 2.05) is 5.43 Å². The van der Waals surface area contributed by atoms with E-state index in [1.54, 1.807) is 13.0 Å². The van der Waals surface area contributed by atoms with Crippen molar-refractivity contribution < 1.29 is 9.21 Å². The maximum absolute atomic E-state index is 12.1. The Labute approximate surface area is 118 Å². The third-order valence-electron chi connectivity index (χ3n) is 3.00. The maximum atomic E-state index is 12.1. The molecule has 0 bridgehead atoms. The van der Waals surface area contributed by atoms with E-state index in [2.05, 4.69) is 10.1 Å². The molecule has 0 aromatic carbocycles. The molecule has 21 heavy (non-hydrogen) atoms. The summed E-state index contributed by atoms with van der Waals surface area (Å²) in [6, 6.07) is 1.67. The minimum Gasteiger partial charge on any atom is -0.454 e. The Morgan fingerprint density at radius 2 is 2.33 bits per heavy atom. The first-order valence-corrected chi connectivity index (χ1v) is 6.09. The molecule has 108 valence electrons. The number of hydrogen-bond acceptors (Lipinski definition) is 6. The largest absolute Gasteiger partial charge is 0.454 e. The van der Waals surface area contributed by atoms with Crippen LogP contribution in [0.3, 0.4) is 0 Å². The van der Waals surface area contributed by atoms with Crippen LogP contribution in [0.1, 0.15) is 21.9 Å². The van der Waals surface area contributed by atoms with Gasteiger partial charge in [0.15, 0.2) is 11.4 Å². The number of carbonyl (C=O) groups is 1. The Morgan fingerprint density at radius 3 is 3.05 bits per heavy atom. The monoisotopic (exact) mass is 288 g/mol. The van der Waals surface area contributed by atoms with Crippen LogP contribution in [0.25, 0.3) is 5.65 Å². The van der Waals surface area contributed by atoms with Gasteiger partial charge < -0.3 is 4.42 Å². The number of nitrogens with one attached hydrogen (secondary N) is 1. The number of hydrazine groups is 1. The van der Waals surface area contributed by atoms with Gasteiger partial charge in [0.05, 0.1) is 6.20 Å². The summed E-state index contributed by atoms with van der Waals surface area (Å²) in [6.45, 7) is 1.83. The first-order valence-electron chi connectivity index (χ1n) is 6.09. The van der Waals surface area contributed by atoms with Gasteiger partial charge in [0.25, 0.3) is 0 Å². The second-order valence-electron chi connectivity index (χ2n) is 4.44. The molecule has 9 nitrogen and oxygen atoms in total. The van der Waals surface area contributed by atoms with Crippen LogP contribution in [0.4, 0.5) is 0 Å². The van der Waals surface area contributed by atoms with Crippen molar-refractivity contribution >= 4 is 11.6 Å². The van der Waals surface area contributed by atoms with E-state index in [0.717, 1.165) is 0 Å². The van der Waals surface area contributed by atoms with E-state index in [-0.39, 0.29) is 18.0 Å². The highest BCUT2D eigenvalue weighted by Crippen LogP contribution is 2.15. The second-order valence-corrected chi connectivity index (χ2v) is 4.44. The van der Waals surface area contributed by atoms with Gasteiger partial charge in [-0.25, -0.2) is 19.7 Å². The van der Waals surface area contributed by atoms with Crippen LogP contribution in [0.5, 0.6) is 0 Å². The van der Waals surface area contributed by atoms with Crippen molar-refractivity contribution in [3.63, 3.8) is 0 Å². The molecule has 0 aliphatic rings. The molecule has 0 saturated carbocycles. The van der Waals surface area contributed by atoms with E-state index in [9.17, 15) is 9.59 Å². The molecule has 3 rings (SSSR count). The van der Waals surface area contributed by atoms with Gasteiger partial charge in [-0.3, -0.25) is 15.2 Å². The lowest BCUT2D eigenvalue weighted by atomic mass is 10.2. The zero-order valence-corrected chi connectivity index (χ0v) is 11.1. The van der Waals surface area contributed by atoms with Crippen molar-refractivity contribution in [2.45, 2.75) is 13.5 Å². The molecule has 3 aromatic heterocycles. The number of rotatable bonds is 3. The summed E-state index contributed by atoms with van der Waals surface area (Å²) >= 11 is 0. The SMILES string of the molecule is Cc1cc(Cn2nc3cnccn3c2=O)oc1C(=O)NN. The van der Waals surface area contributed by atoms with Crippen LogP contribution in [-0.2, 0) is 6.54 Å². The predicted octanol–water partition coefficient (Wildman–Crippen LogP) is -0.556. The molecule has 3 aromatic rings.